The topological polar surface area (TPSA) is 35.2 Å². The van der Waals surface area contributed by atoms with Gasteiger partial charge in [-0.05, 0) is 17.5 Å². The van der Waals surface area contributed by atoms with Crippen LogP contribution in [0.2, 0.25) is 0 Å². The predicted octanol–water partition coefficient (Wildman–Crippen LogP) is 2.56. The molecule has 0 spiro atoms. The van der Waals surface area contributed by atoms with Gasteiger partial charge >= 0.3 is 0 Å². The van der Waals surface area contributed by atoms with Crippen molar-refractivity contribution >= 4 is 11.3 Å². The van der Waals surface area contributed by atoms with Crippen LogP contribution >= 0.6 is 11.3 Å². The van der Waals surface area contributed by atoms with E-state index in [0.29, 0.717) is 13.2 Å². The van der Waals surface area contributed by atoms with Gasteiger partial charge in [0.1, 0.15) is 0 Å². The summed E-state index contributed by atoms with van der Waals surface area (Å²) in [5.41, 5.74) is 5.61. The van der Waals surface area contributed by atoms with E-state index in [1.54, 1.807) is 0 Å². The molecule has 0 bridgehead atoms. The smallest absolute Gasteiger partial charge is 0.0588 e. The van der Waals surface area contributed by atoms with E-state index in [1.165, 1.54) is 9.75 Å². The molecule has 0 fully saturated rings. The first-order chi connectivity index (χ1) is 7.04. The molecule has 0 saturated carbocycles. The minimum atomic E-state index is 0.265. The summed E-state index contributed by atoms with van der Waals surface area (Å²) in [6, 6.07) is 4.43. The largest absolute Gasteiger partial charge is 0.380 e. The fourth-order valence-corrected chi connectivity index (χ4v) is 2.32. The number of hydrogen-bond acceptors (Lipinski definition) is 3. The van der Waals surface area contributed by atoms with E-state index in [2.05, 4.69) is 32.9 Å². The molecule has 0 saturated heterocycles. The molecule has 15 heavy (non-hydrogen) atoms. The van der Waals surface area contributed by atoms with Crippen molar-refractivity contribution in [2.45, 2.75) is 32.6 Å². The molecule has 1 aromatic heterocycles. The van der Waals surface area contributed by atoms with Gasteiger partial charge in [-0.2, -0.15) is 0 Å². The van der Waals surface area contributed by atoms with Gasteiger partial charge in [0.15, 0.2) is 0 Å². The third-order valence-corrected chi connectivity index (χ3v) is 3.73. The van der Waals surface area contributed by atoms with Gasteiger partial charge in [0.05, 0.1) is 13.2 Å². The second kappa shape index (κ2) is 5.64. The molecule has 0 aromatic carbocycles. The summed E-state index contributed by atoms with van der Waals surface area (Å²) in [5, 5.41) is 0. The first-order valence-corrected chi connectivity index (χ1v) is 6.22. The molecule has 2 N–H and O–H groups in total. The Hall–Kier alpha value is -0.380. The fourth-order valence-electron chi connectivity index (χ4n) is 1.27. The molecular formula is C12H21NOS. The Kier molecular flexibility index (Phi) is 4.77. The third-order valence-electron chi connectivity index (χ3n) is 2.16. The summed E-state index contributed by atoms with van der Waals surface area (Å²) >= 11 is 1.89. The fraction of sp³-hybridized carbons (Fsp3) is 0.667. The van der Waals surface area contributed by atoms with Crippen LogP contribution in [0.5, 0.6) is 0 Å². The van der Waals surface area contributed by atoms with Gasteiger partial charge < -0.3 is 10.5 Å². The second-order valence-electron chi connectivity index (χ2n) is 4.67. The van der Waals surface area contributed by atoms with Crippen molar-refractivity contribution < 1.29 is 4.74 Å². The van der Waals surface area contributed by atoms with Gasteiger partial charge in [0.2, 0.25) is 0 Å². The van der Waals surface area contributed by atoms with Crippen LogP contribution in [0.3, 0.4) is 0 Å². The molecule has 3 heteroatoms. The molecule has 0 aliphatic rings. The molecule has 86 valence electrons. The molecule has 1 rings (SSSR count). The van der Waals surface area contributed by atoms with Crippen LogP contribution in [-0.2, 0) is 16.6 Å². The molecule has 0 radical (unpaired) electrons. The van der Waals surface area contributed by atoms with Crippen LogP contribution in [0, 0.1) is 0 Å². The van der Waals surface area contributed by atoms with Gasteiger partial charge in [-0.3, -0.25) is 0 Å². The lowest BCUT2D eigenvalue weighted by Gasteiger charge is -2.15. The van der Waals surface area contributed by atoms with Gasteiger partial charge in [0.25, 0.3) is 0 Å². The number of ether oxygens (including phenoxy) is 1. The average molecular weight is 227 g/mol. The molecule has 1 heterocycles. The maximum absolute atomic E-state index is 5.36. The van der Waals surface area contributed by atoms with Crippen LogP contribution in [0.25, 0.3) is 0 Å². The van der Waals surface area contributed by atoms with Crippen LogP contribution in [-0.4, -0.2) is 19.8 Å². The summed E-state index contributed by atoms with van der Waals surface area (Å²) in [7, 11) is 0. The highest BCUT2D eigenvalue weighted by Crippen LogP contribution is 2.29. The van der Waals surface area contributed by atoms with E-state index in [-0.39, 0.29) is 5.41 Å². The Morgan fingerprint density at radius 2 is 2.00 bits per heavy atom. The maximum Gasteiger partial charge on any atom is 0.0588 e. The predicted molar refractivity (Wildman–Crippen MR) is 66.6 cm³/mol. The average Bonchev–Trinajstić information content (AvgIpc) is 2.60. The van der Waals surface area contributed by atoms with Crippen molar-refractivity contribution in [3.8, 4) is 0 Å². The minimum Gasteiger partial charge on any atom is -0.380 e. The van der Waals surface area contributed by atoms with E-state index in [9.17, 15) is 0 Å². The summed E-state index contributed by atoms with van der Waals surface area (Å²) in [6.07, 6.45) is 1.00. The van der Waals surface area contributed by atoms with Crippen LogP contribution in [0.4, 0.5) is 0 Å². The zero-order valence-corrected chi connectivity index (χ0v) is 10.7. The van der Waals surface area contributed by atoms with Gasteiger partial charge in [-0.1, -0.05) is 20.8 Å². The number of nitrogens with two attached hydrogens (primary N) is 1. The molecule has 0 unspecified atom stereocenters. The van der Waals surface area contributed by atoms with Crippen molar-refractivity contribution in [3.63, 3.8) is 0 Å². The Morgan fingerprint density at radius 3 is 2.53 bits per heavy atom. The Labute approximate surface area is 96.4 Å². The SMILES string of the molecule is CC(C)(C)c1ccc(CCOCCN)s1. The standard InChI is InChI=1S/C12H21NOS/c1-12(2,3)11-5-4-10(15-11)6-8-14-9-7-13/h4-5H,6-9,13H2,1-3H3. The molecule has 0 atom stereocenters. The lowest BCUT2D eigenvalue weighted by Crippen LogP contribution is -2.09. The van der Waals surface area contributed by atoms with E-state index in [0.717, 1.165) is 13.0 Å². The number of thiophene rings is 1. The third kappa shape index (κ3) is 4.33. The summed E-state index contributed by atoms with van der Waals surface area (Å²) in [4.78, 5) is 2.84. The van der Waals surface area contributed by atoms with Gasteiger partial charge in [-0.25, -0.2) is 0 Å². The molecule has 2 nitrogen and oxygen atoms in total. The van der Waals surface area contributed by atoms with Crippen molar-refractivity contribution in [2.75, 3.05) is 19.8 Å². The van der Waals surface area contributed by atoms with Gasteiger partial charge in [0, 0.05) is 22.7 Å². The quantitative estimate of drug-likeness (QED) is 0.785. The van der Waals surface area contributed by atoms with Crippen LogP contribution in [0.1, 0.15) is 30.5 Å². The lowest BCUT2D eigenvalue weighted by molar-refractivity contribution is 0.145. The molecule has 1 aromatic rings. The summed E-state index contributed by atoms with van der Waals surface area (Å²) in [5.74, 6) is 0. The monoisotopic (exact) mass is 227 g/mol. The van der Waals surface area contributed by atoms with Crippen molar-refractivity contribution in [3.05, 3.63) is 21.9 Å². The molecule has 0 aliphatic heterocycles. The maximum atomic E-state index is 5.36. The van der Waals surface area contributed by atoms with E-state index < -0.39 is 0 Å². The van der Waals surface area contributed by atoms with E-state index in [4.69, 9.17) is 10.5 Å². The molecule has 0 amide bonds. The van der Waals surface area contributed by atoms with E-state index >= 15 is 0 Å². The van der Waals surface area contributed by atoms with Crippen molar-refractivity contribution in [2.24, 2.45) is 5.73 Å². The van der Waals surface area contributed by atoms with E-state index in [1.807, 2.05) is 11.3 Å². The first-order valence-electron chi connectivity index (χ1n) is 5.41. The normalized spacial score (nSPS) is 12.0. The Bertz CT molecular complexity index is 288. The summed E-state index contributed by atoms with van der Waals surface area (Å²) < 4.78 is 5.36. The zero-order chi connectivity index (χ0) is 11.3. The second-order valence-corrected chi connectivity index (χ2v) is 5.84. The Morgan fingerprint density at radius 1 is 1.27 bits per heavy atom. The van der Waals surface area contributed by atoms with Crippen LogP contribution in [0.15, 0.2) is 12.1 Å². The number of rotatable bonds is 5. The van der Waals surface area contributed by atoms with Crippen LogP contribution < -0.4 is 5.73 Å². The Balaban J connectivity index is 2.40. The highest BCUT2D eigenvalue weighted by Gasteiger charge is 2.15. The number of hydrogen-bond donors (Lipinski definition) is 1. The first kappa shape index (κ1) is 12.7. The van der Waals surface area contributed by atoms with Gasteiger partial charge in [-0.15, -0.1) is 11.3 Å². The molecule has 0 aliphatic carbocycles. The zero-order valence-electron chi connectivity index (χ0n) is 9.88. The lowest BCUT2D eigenvalue weighted by atomic mass is 9.95. The minimum absolute atomic E-state index is 0.265. The highest BCUT2D eigenvalue weighted by atomic mass is 32.1. The van der Waals surface area contributed by atoms with Crippen molar-refractivity contribution in [1.82, 2.24) is 0 Å². The summed E-state index contributed by atoms with van der Waals surface area (Å²) in [6.45, 7) is 8.78. The van der Waals surface area contributed by atoms with Crippen molar-refractivity contribution in [1.29, 1.82) is 0 Å². The highest BCUT2D eigenvalue weighted by molar-refractivity contribution is 7.12. The molecular weight excluding hydrogens is 206 g/mol.